The standard InChI is InChI=1S/C24H27F2N3O6/c25-23(26)35-18-10-8-16(9-11-18)13-27-22(32)21(31)19-7-4-12-29(19)20(30)14-28-24(33)34-15-17-5-2-1-3-6-17/h1-3,5-6,8-11,19,21,23,31H,4,7,12-15H2,(H,27,32)(H,28,33)/t19-,21?/m0/s1. The first-order valence-corrected chi connectivity index (χ1v) is 11.1. The average molecular weight is 491 g/mol. The van der Waals surface area contributed by atoms with Gasteiger partial charge in [0.25, 0.3) is 5.91 Å². The van der Waals surface area contributed by atoms with E-state index < -0.39 is 36.7 Å². The van der Waals surface area contributed by atoms with E-state index in [0.717, 1.165) is 5.56 Å². The summed E-state index contributed by atoms with van der Waals surface area (Å²) in [6, 6.07) is 14.1. The molecule has 1 saturated heterocycles. The lowest BCUT2D eigenvalue weighted by molar-refractivity contribution is -0.138. The van der Waals surface area contributed by atoms with E-state index in [1.54, 1.807) is 12.1 Å². The lowest BCUT2D eigenvalue weighted by atomic mass is 10.1. The Hall–Kier alpha value is -3.73. The molecule has 0 radical (unpaired) electrons. The number of halogens is 2. The van der Waals surface area contributed by atoms with Crippen LogP contribution in [0.25, 0.3) is 0 Å². The molecule has 188 valence electrons. The maximum atomic E-state index is 12.6. The topological polar surface area (TPSA) is 117 Å². The Balaban J connectivity index is 1.43. The van der Waals surface area contributed by atoms with Crippen LogP contribution in [0, 0.1) is 0 Å². The van der Waals surface area contributed by atoms with Crippen LogP contribution in [0.4, 0.5) is 13.6 Å². The number of hydrogen-bond acceptors (Lipinski definition) is 6. The Morgan fingerprint density at radius 3 is 2.43 bits per heavy atom. The minimum Gasteiger partial charge on any atom is -0.445 e. The van der Waals surface area contributed by atoms with Crippen molar-refractivity contribution in [2.75, 3.05) is 13.1 Å². The summed E-state index contributed by atoms with van der Waals surface area (Å²) in [5.74, 6) is -1.11. The Bertz CT molecular complexity index is 991. The van der Waals surface area contributed by atoms with Crippen LogP contribution in [0.2, 0.25) is 0 Å². The van der Waals surface area contributed by atoms with Crippen LogP contribution in [0.15, 0.2) is 54.6 Å². The summed E-state index contributed by atoms with van der Waals surface area (Å²) >= 11 is 0. The maximum absolute atomic E-state index is 12.6. The quantitative estimate of drug-likeness (QED) is 0.469. The summed E-state index contributed by atoms with van der Waals surface area (Å²) in [5, 5.41) is 15.5. The predicted molar refractivity (Wildman–Crippen MR) is 120 cm³/mol. The van der Waals surface area contributed by atoms with Crippen LogP contribution in [0.1, 0.15) is 24.0 Å². The number of hydrogen-bond donors (Lipinski definition) is 3. The van der Waals surface area contributed by atoms with Crippen LogP contribution >= 0.6 is 0 Å². The molecular formula is C24H27F2N3O6. The zero-order valence-electron chi connectivity index (χ0n) is 18.9. The van der Waals surface area contributed by atoms with Crippen molar-refractivity contribution in [2.45, 2.75) is 44.8 Å². The van der Waals surface area contributed by atoms with E-state index in [2.05, 4.69) is 15.4 Å². The van der Waals surface area contributed by atoms with Crippen molar-refractivity contribution >= 4 is 17.9 Å². The van der Waals surface area contributed by atoms with Crippen LogP contribution < -0.4 is 15.4 Å². The number of benzene rings is 2. The number of aliphatic hydroxyl groups excluding tert-OH is 1. The number of nitrogens with one attached hydrogen (secondary N) is 2. The van der Waals surface area contributed by atoms with E-state index >= 15 is 0 Å². The third-order valence-electron chi connectivity index (χ3n) is 5.46. The Morgan fingerprint density at radius 1 is 1.03 bits per heavy atom. The molecule has 2 aromatic rings. The van der Waals surface area contributed by atoms with E-state index in [1.165, 1.54) is 29.2 Å². The highest BCUT2D eigenvalue weighted by molar-refractivity contribution is 5.85. The number of alkyl halides is 2. The summed E-state index contributed by atoms with van der Waals surface area (Å²) in [6.45, 7) is -2.79. The van der Waals surface area contributed by atoms with E-state index in [9.17, 15) is 28.3 Å². The molecule has 1 fully saturated rings. The number of alkyl carbamates (subject to hydrolysis) is 1. The number of carbonyl (C=O) groups excluding carboxylic acids is 3. The summed E-state index contributed by atoms with van der Waals surface area (Å²) < 4.78 is 33.8. The third kappa shape index (κ3) is 7.92. The normalized spacial score (nSPS) is 16.0. The highest BCUT2D eigenvalue weighted by Crippen LogP contribution is 2.21. The van der Waals surface area contributed by atoms with E-state index in [-0.39, 0.29) is 25.4 Å². The molecule has 3 rings (SSSR count). The molecule has 3 N–H and O–H groups in total. The van der Waals surface area contributed by atoms with Crippen LogP contribution in [0.3, 0.4) is 0 Å². The molecule has 0 aromatic heterocycles. The fraction of sp³-hybridized carbons (Fsp3) is 0.375. The summed E-state index contributed by atoms with van der Waals surface area (Å²) in [6.07, 6.45) is -1.18. The Kier molecular flexibility index (Phi) is 9.36. The smallest absolute Gasteiger partial charge is 0.407 e. The summed E-state index contributed by atoms with van der Waals surface area (Å²) in [5.41, 5.74) is 1.42. The zero-order chi connectivity index (χ0) is 25.2. The second kappa shape index (κ2) is 12.7. The van der Waals surface area contributed by atoms with Gasteiger partial charge >= 0.3 is 12.7 Å². The molecule has 0 aliphatic carbocycles. The number of nitrogens with zero attached hydrogens (tertiary/aromatic N) is 1. The molecule has 3 amide bonds. The molecule has 1 aliphatic heterocycles. The number of carbonyl (C=O) groups is 3. The van der Waals surface area contributed by atoms with Gasteiger partial charge in [-0.15, -0.1) is 0 Å². The van der Waals surface area contributed by atoms with Crippen molar-refractivity contribution in [3.05, 3.63) is 65.7 Å². The Morgan fingerprint density at radius 2 is 1.74 bits per heavy atom. The van der Waals surface area contributed by atoms with Gasteiger partial charge in [0.15, 0.2) is 6.10 Å². The number of ether oxygens (including phenoxy) is 2. The maximum Gasteiger partial charge on any atom is 0.407 e. The minimum absolute atomic E-state index is 0.00669. The summed E-state index contributed by atoms with van der Waals surface area (Å²) in [7, 11) is 0. The van der Waals surface area contributed by atoms with Crippen molar-refractivity contribution < 1.29 is 37.7 Å². The second-order valence-corrected chi connectivity index (χ2v) is 7.90. The van der Waals surface area contributed by atoms with Gasteiger partial charge in [-0.2, -0.15) is 8.78 Å². The first kappa shape index (κ1) is 25.9. The molecule has 2 atom stereocenters. The monoisotopic (exact) mass is 491 g/mol. The molecule has 0 spiro atoms. The number of amides is 3. The summed E-state index contributed by atoms with van der Waals surface area (Å²) in [4.78, 5) is 38.3. The van der Waals surface area contributed by atoms with E-state index in [0.29, 0.717) is 24.9 Å². The SMILES string of the molecule is O=C(NCC(=O)N1CCC[C@H]1C(O)C(=O)NCc1ccc(OC(F)F)cc1)OCc1ccccc1. The van der Waals surface area contributed by atoms with Gasteiger partial charge in [0, 0.05) is 13.1 Å². The van der Waals surface area contributed by atoms with Crippen LogP contribution in [0.5, 0.6) is 5.75 Å². The highest BCUT2D eigenvalue weighted by atomic mass is 19.3. The van der Waals surface area contributed by atoms with Gasteiger partial charge in [-0.25, -0.2) is 4.79 Å². The molecule has 9 nitrogen and oxygen atoms in total. The third-order valence-corrected chi connectivity index (χ3v) is 5.46. The van der Waals surface area contributed by atoms with Gasteiger partial charge in [0.1, 0.15) is 18.9 Å². The first-order chi connectivity index (χ1) is 16.8. The fourth-order valence-electron chi connectivity index (χ4n) is 3.71. The largest absolute Gasteiger partial charge is 0.445 e. The van der Waals surface area contributed by atoms with Crippen molar-refractivity contribution in [3.8, 4) is 5.75 Å². The van der Waals surface area contributed by atoms with Crippen LogP contribution in [-0.4, -0.2) is 59.8 Å². The van der Waals surface area contributed by atoms with Gasteiger partial charge in [0.2, 0.25) is 5.91 Å². The number of rotatable bonds is 10. The number of likely N-dealkylation sites (tertiary alicyclic amines) is 1. The molecular weight excluding hydrogens is 464 g/mol. The van der Waals surface area contributed by atoms with Crippen molar-refractivity contribution in [1.29, 1.82) is 0 Å². The van der Waals surface area contributed by atoms with Gasteiger partial charge < -0.3 is 30.1 Å². The molecule has 0 saturated carbocycles. The zero-order valence-corrected chi connectivity index (χ0v) is 18.9. The second-order valence-electron chi connectivity index (χ2n) is 7.90. The average Bonchev–Trinajstić information content (AvgIpc) is 3.35. The first-order valence-electron chi connectivity index (χ1n) is 11.1. The highest BCUT2D eigenvalue weighted by Gasteiger charge is 2.37. The molecule has 1 aliphatic rings. The molecule has 1 heterocycles. The lowest BCUT2D eigenvalue weighted by Crippen LogP contribution is -2.51. The van der Waals surface area contributed by atoms with Crippen LogP contribution in [-0.2, 0) is 27.5 Å². The lowest BCUT2D eigenvalue weighted by Gasteiger charge is -2.28. The molecule has 0 bridgehead atoms. The van der Waals surface area contributed by atoms with E-state index in [1.807, 2.05) is 18.2 Å². The van der Waals surface area contributed by atoms with E-state index in [4.69, 9.17) is 4.74 Å². The van der Waals surface area contributed by atoms with Gasteiger partial charge in [0.05, 0.1) is 6.04 Å². The Labute approximate surface area is 201 Å². The minimum atomic E-state index is -2.93. The fourth-order valence-corrected chi connectivity index (χ4v) is 3.71. The van der Waals surface area contributed by atoms with Crippen molar-refractivity contribution in [3.63, 3.8) is 0 Å². The molecule has 35 heavy (non-hydrogen) atoms. The molecule has 2 aromatic carbocycles. The molecule has 1 unspecified atom stereocenters. The van der Waals surface area contributed by atoms with Gasteiger partial charge in [-0.3, -0.25) is 9.59 Å². The van der Waals surface area contributed by atoms with Crippen molar-refractivity contribution in [1.82, 2.24) is 15.5 Å². The van der Waals surface area contributed by atoms with Crippen molar-refractivity contribution in [2.24, 2.45) is 0 Å². The molecule has 11 heteroatoms. The number of aliphatic hydroxyl groups is 1. The van der Waals surface area contributed by atoms with Gasteiger partial charge in [-0.05, 0) is 36.1 Å². The van der Waals surface area contributed by atoms with Gasteiger partial charge in [-0.1, -0.05) is 42.5 Å². The predicted octanol–water partition coefficient (Wildman–Crippen LogP) is 2.18.